The van der Waals surface area contributed by atoms with Crippen LogP contribution in [0.25, 0.3) is 11.1 Å². The van der Waals surface area contributed by atoms with Crippen LogP contribution in [0.15, 0.2) is 66.7 Å². The Balaban J connectivity index is 1.69. The zero-order chi connectivity index (χ0) is 27.8. The maximum absolute atomic E-state index is 13.9. The van der Waals surface area contributed by atoms with E-state index < -0.39 is 23.1 Å². The van der Waals surface area contributed by atoms with Gasteiger partial charge in [0.15, 0.2) is 0 Å². The first-order valence-corrected chi connectivity index (χ1v) is 13.6. The van der Waals surface area contributed by atoms with Crippen molar-refractivity contribution in [3.63, 3.8) is 0 Å². The summed E-state index contributed by atoms with van der Waals surface area (Å²) < 4.78 is 54.0. The summed E-state index contributed by atoms with van der Waals surface area (Å²) in [6, 6.07) is 16.9. The first-order valence-electron chi connectivity index (χ1n) is 13.6. The van der Waals surface area contributed by atoms with E-state index in [1.165, 1.54) is 24.3 Å². The molecular weight excluding hydrogens is 506 g/mol. The van der Waals surface area contributed by atoms with Crippen molar-refractivity contribution >= 4 is 5.97 Å². The van der Waals surface area contributed by atoms with E-state index in [0.717, 1.165) is 62.0 Å². The van der Waals surface area contributed by atoms with Crippen molar-refractivity contribution in [1.29, 1.82) is 0 Å². The van der Waals surface area contributed by atoms with Gasteiger partial charge in [-0.25, -0.2) is 4.39 Å². The van der Waals surface area contributed by atoms with Crippen LogP contribution < -0.4 is 0 Å². The van der Waals surface area contributed by atoms with Gasteiger partial charge >= 0.3 is 12.1 Å². The average molecular weight is 540 g/mol. The van der Waals surface area contributed by atoms with Crippen LogP contribution in [-0.4, -0.2) is 29.1 Å². The third-order valence-corrected chi connectivity index (χ3v) is 8.66. The fourth-order valence-corrected chi connectivity index (χ4v) is 6.30. The molecule has 206 valence electrons. The summed E-state index contributed by atoms with van der Waals surface area (Å²) in [5.41, 5.74) is 2.00. The van der Waals surface area contributed by atoms with Crippen molar-refractivity contribution in [2.24, 2.45) is 5.92 Å². The highest BCUT2D eigenvalue weighted by molar-refractivity contribution is 5.83. The monoisotopic (exact) mass is 539 g/mol. The molecule has 0 bridgehead atoms. The fourth-order valence-electron chi connectivity index (χ4n) is 6.30. The molecule has 1 aliphatic heterocycles. The summed E-state index contributed by atoms with van der Waals surface area (Å²) in [6.07, 6.45) is 0.239. The number of carboxylic acid groups (broad SMARTS) is 1. The van der Waals surface area contributed by atoms with Gasteiger partial charge in [-0.1, -0.05) is 56.2 Å². The second-order valence-corrected chi connectivity index (χ2v) is 11.1. The summed E-state index contributed by atoms with van der Waals surface area (Å²) in [7, 11) is 0. The first kappa shape index (κ1) is 27.4. The molecule has 1 aliphatic carbocycles. The minimum Gasteiger partial charge on any atom is -0.481 e. The summed E-state index contributed by atoms with van der Waals surface area (Å²) in [6.45, 7) is 3.88. The maximum atomic E-state index is 13.9. The molecule has 0 spiro atoms. The lowest BCUT2D eigenvalue weighted by atomic mass is 9.76. The summed E-state index contributed by atoms with van der Waals surface area (Å²) in [5, 5.41) is 10.2. The Morgan fingerprint density at radius 3 is 2.13 bits per heavy atom. The number of benzene rings is 3. The molecule has 1 heterocycles. The van der Waals surface area contributed by atoms with Gasteiger partial charge in [0.1, 0.15) is 5.82 Å². The van der Waals surface area contributed by atoms with E-state index in [4.69, 9.17) is 0 Å². The van der Waals surface area contributed by atoms with Crippen molar-refractivity contribution in [2.75, 3.05) is 13.1 Å². The topological polar surface area (TPSA) is 40.5 Å². The van der Waals surface area contributed by atoms with Crippen molar-refractivity contribution < 1.29 is 27.5 Å². The molecule has 2 fully saturated rings. The second kappa shape index (κ2) is 10.8. The van der Waals surface area contributed by atoms with Gasteiger partial charge in [-0.15, -0.1) is 0 Å². The molecule has 7 heteroatoms. The molecule has 1 atom stereocenters. The minimum absolute atomic E-state index is 0.256. The summed E-state index contributed by atoms with van der Waals surface area (Å²) in [4.78, 5) is 14.9. The molecule has 1 unspecified atom stereocenters. The molecule has 1 saturated heterocycles. The molecule has 0 aromatic heterocycles. The number of hydrogen-bond acceptors (Lipinski definition) is 2. The van der Waals surface area contributed by atoms with Crippen LogP contribution in [0, 0.1) is 11.7 Å². The number of hydrogen-bond donors (Lipinski definition) is 1. The average Bonchev–Trinajstić information content (AvgIpc) is 3.42. The third kappa shape index (κ3) is 5.46. The zero-order valence-electron chi connectivity index (χ0n) is 22.0. The Morgan fingerprint density at radius 2 is 1.56 bits per heavy atom. The van der Waals surface area contributed by atoms with Crippen molar-refractivity contribution in [3.8, 4) is 11.1 Å². The van der Waals surface area contributed by atoms with Crippen molar-refractivity contribution in [3.05, 3.63) is 94.8 Å². The number of alkyl halides is 3. The Bertz CT molecular complexity index is 1300. The van der Waals surface area contributed by atoms with Gasteiger partial charge in [-0.3, -0.25) is 9.69 Å². The van der Waals surface area contributed by atoms with Gasteiger partial charge in [0.25, 0.3) is 0 Å². The standard InChI is InChI=1S/C32H33F4NO2/c1-21-14-18-37(19-15-21)29(23-6-11-26(33)12-7-23)27-13-10-25(31(30(38)39)16-2-3-17-31)20-28(27)22-4-8-24(9-5-22)32(34,35)36/h4-13,20-21,29H,2-3,14-19H2,1H3,(H,38,39). The molecule has 3 aromatic rings. The number of likely N-dealkylation sites (tertiary alicyclic amines) is 1. The van der Waals surface area contributed by atoms with Gasteiger partial charge in [-0.05, 0) is 103 Å². The van der Waals surface area contributed by atoms with Crippen LogP contribution in [0.3, 0.4) is 0 Å². The third-order valence-electron chi connectivity index (χ3n) is 8.66. The molecule has 39 heavy (non-hydrogen) atoms. The van der Waals surface area contributed by atoms with E-state index in [9.17, 15) is 27.5 Å². The lowest BCUT2D eigenvalue weighted by Crippen LogP contribution is -2.37. The number of carboxylic acids is 1. The summed E-state index contributed by atoms with van der Waals surface area (Å²) in [5.74, 6) is -0.622. The SMILES string of the molecule is CC1CCN(C(c2ccc(F)cc2)c2ccc(C3(C(=O)O)CCCC3)cc2-c2ccc(C(F)(F)F)cc2)CC1. The lowest BCUT2D eigenvalue weighted by Gasteiger charge is -2.38. The Kier molecular flexibility index (Phi) is 7.55. The Labute approximate surface area is 226 Å². The second-order valence-electron chi connectivity index (χ2n) is 11.1. The highest BCUT2D eigenvalue weighted by Crippen LogP contribution is 2.45. The minimum atomic E-state index is -4.46. The van der Waals surface area contributed by atoms with Gasteiger partial charge in [0.05, 0.1) is 17.0 Å². The van der Waals surface area contributed by atoms with Crippen LogP contribution in [0.1, 0.15) is 73.7 Å². The number of carbonyl (C=O) groups is 1. The summed E-state index contributed by atoms with van der Waals surface area (Å²) >= 11 is 0. The van der Waals surface area contributed by atoms with E-state index in [2.05, 4.69) is 11.8 Å². The number of piperidine rings is 1. The largest absolute Gasteiger partial charge is 0.481 e. The quantitative estimate of drug-likeness (QED) is 0.321. The predicted octanol–water partition coefficient (Wildman–Crippen LogP) is 8.23. The lowest BCUT2D eigenvalue weighted by molar-refractivity contribution is -0.143. The smallest absolute Gasteiger partial charge is 0.416 e. The number of halogens is 4. The van der Waals surface area contributed by atoms with Crippen molar-refractivity contribution in [1.82, 2.24) is 4.90 Å². The zero-order valence-corrected chi connectivity index (χ0v) is 22.0. The highest BCUT2D eigenvalue weighted by atomic mass is 19.4. The number of rotatable bonds is 6. The van der Waals surface area contributed by atoms with E-state index in [0.29, 0.717) is 35.4 Å². The Morgan fingerprint density at radius 1 is 0.949 bits per heavy atom. The van der Waals surface area contributed by atoms with Gasteiger partial charge in [-0.2, -0.15) is 13.2 Å². The molecule has 1 saturated carbocycles. The van der Waals surface area contributed by atoms with Crippen LogP contribution in [0.2, 0.25) is 0 Å². The van der Waals surface area contributed by atoms with Crippen molar-refractivity contribution in [2.45, 2.75) is 63.1 Å². The van der Waals surface area contributed by atoms with E-state index >= 15 is 0 Å². The number of aliphatic carboxylic acids is 1. The fraction of sp³-hybridized carbons (Fsp3) is 0.406. The van der Waals surface area contributed by atoms with Crippen LogP contribution in [0.4, 0.5) is 17.6 Å². The van der Waals surface area contributed by atoms with E-state index in [1.54, 1.807) is 12.1 Å². The molecule has 5 rings (SSSR count). The van der Waals surface area contributed by atoms with Crippen LogP contribution >= 0.6 is 0 Å². The van der Waals surface area contributed by atoms with Gasteiger partial charge in [0, 0.05) is 0 Å². The molecule has 2 aliphatic rings. The highest BCUT2D eigenvalue weighted by Gasteiger charge is 2.43. The Hall–Kier alpha value is -3.19. The molecule has 3 aromatic carbocycles. The number of nitrogens with zero attached hydrogens (tertiary/aromatic N) is 1. The molecular formula is C32H33F4NO2. The molecule has 1 N–H and O–H groups in total. The van der Waals surface area contributed by atoms with E-state index in [-0.39, 0.29) is 11.9 Å². The van der Waals surface area contributed by atoms with Gasteiger partial charge in [0.2, 0.25) is 0 Å². The molecule has 3 nitrogen and oxygen atoms in total. The normalized spacial score (nSPS) is 19.2. The maximum Gasteiger partial charge on any atom is 0.416 e. The molecule has 0 amide bonds. The first-order chi connectivity index (χ1) is 18.6. The van der Waals surface area contributed by atoms with Crippen LogP contribution in [0.5, 0.6) is 0 Å². The van der Waals surface area contributed by atoms with E-state index in [1.807, 2.05) is 18.2 Å². The molecule has 0 radical (unpaired) electrons. The predicted molar refractivity (Wildman–Crippen MR) is 143 cm³/mol. The van der Waals surface area contributed by atoms with Crippen LogP contribution in [-0.2, 0) is 16.4 Å². The van der Waals surface area contributed by atoms with Gasteiger partial charge < -0.3 is 5.11 Å².